The number of benzene rings is 1. The van der Waals surface area contributed by atoms with Crippen molar-refractivity contribution in [3.63, 3.8) is 0 Å². The lowest BCUT2D eigenvalue weighted by molar-refractivity contribution is 0.122. The van der Waals surface area contributed by atoms with Crippen LogP contribution >= 0.6 is 0 Å². The van der Waals surface area contributed by atoms with Crippen molar-refractivity contribution in [2.75, 3.05) is 37.8 Å². The number of anilines is 1. The van der Waals surface area contributed by atoms with Crippen molar-refractivity contribution in [3.8, 4) is 11.8 Å². The molecule has 0 saturated carbocycles. The zero-order valence-electron chi connectivity index (χ0n) is 12.7. The molecule has 0 N–H and O–H groups in total. The molecule has 1 saturated heterocycles. The molecule has 0 atom stereocenters. The van der Waals surface area contributed by atoms with Gasteiger partial charge in [0, 0.05) is 24.0 Å². The van der Waals surface area contributed by atoms with E-state index in [1.807, 2.05) is 25.1 Å². The first-order valence-corrected chi connectivity index (χ1v) is 7.58. The number of rotatable bonds is 4. The number of morpholine rings is 1. The summed E-state index contributed by atoms with van der Waals surface area (Å²) < 4.78 is 10.9. The molecule has 5 heteroatoms. The fourth-order valence-electron chi connectivity index (χ4n) is 2.71. The molecule has 1 aliphatic rings. The van der Waals surface area contributed by atoms with Gasteiger partial charge in [-0.05, 0) is 31.2 Å². The summed E-state index contributed by atoms with van der Waals surface area (Å²) >= 11 is 0. The number of fused-ring (bicyclic) bond motifs is 1. The summed E-state index contributed by atoms with van der Waals surface area (Å²) in [6.45, 7) is 5.63. The van der Waals surface area contributed by atoms with Gasteiger partial charge in [-0.2, -0.15) is 5.26 Å². The zero-order chi connectivity index (χ0) is 15.4. The van der Waals surface area contributed by atoms with Gasteiger partial charge in [-0.15, -0.1) is 0 Å². The van der Waals surface area contributed by atoms with E-state index in [0.29, 0.717) is 26.2 Å². The summed E-state index contributed by atoms with van der Waals surface area (Å²) in [6.07, 6.45) is 0.356. The molecular weight excluding hydrogens is 278 g/mol. The van der Waals surface area contributed by atoms with E-state index >= 15 is 0 Å². The number of nitriles is 1. The first-order valence-electron chi connectivity index (χ1n) is 7.58. The van der Waals surface area contributed by atoms with Crippen LogP contribution in [0, 0.1) is 11.3 Å². The predicted octanol–water partition coefficient (Wildman–Crippen LogP) is 2.54. The van der Waals surface area contributed by atoms with Crippen molar-refractivity contribution in [2.45, 2.75) is 13.3 Å². The normalized spacial score (nSPS) is 14.8. The van der Waals surface area contributed by atoms with Crippen molar-refractivity contribution in [3.05, 3.63) is 29.8 Å². The van der Waals surface area contributed by atoms with Crippen molar-refractivity contribution in [2.24, 2.45) is 0 Å². The highest BCUT2D eigenvalue weighted by Gasteiger charge is 2.17. The minimum absolute atomic E-state index is 0.356. The van der Waals surface area contributed by atoms with Gasteiger partial charge in [-0.25, -0.2) is 4.98 Å². The quantitative estimate of drug-likeness (QED) is 0.868. The van der Waals surface area contributed by atoms with Gasteiger partial charge in [0.25, 0.3) is 0 Å². The molecule has 3 rings (SSSR count). The van der Waals surface area contributed by atoms with E-state index in [1.165, 1.54) is 0 Å². The first-order chi connectivity index (χ1) is 10.8. The number of hydrogen-bond acceptors (Lipinski definition) is 5. The van der Waals surface area contributed by atoms with Gasteiger partial charge in [0.2, 0.25) is 0 Å². The van der Waals surface area contributed by atoms with Crippen LogP contribution < -0.4 is 9.64 Å². The monoisotopic (exact) mass is 297 g/mol. The maximum Gasteiger partial charge on any atom is 0.133 e. The summed E-state index contributed by atoms with van der Waals surface area (Å²) in [7, 11) is 0. The van der Waals surface area contributed by atoms with Gasteiger partial charge in [-0.3, -0.25) is 0 Å². The van der Waals surface area contributed by atoms with Gasteiger partial charge in [0.15, 0.2) is 0 Å². The van der Waals surface area contributed by atoms with Crippen LogP contribution in [-0.4, -0.2) is 37.9 Å². The highest BCUT2D eigenvalue weighted by atomic mass is 16.5. The van der Waals surface area contributed by atoms with E-state index in [9.17, 15) is 0 Å². The van der Waals surface area contributed by atoms with Gasteiger partial charge < -0.3 is 14.4 Å². The highest BCUT2D eigenvalue weighted by Crippen LogP contribution is 2.27. The Hall–Kier alpha value is -2.32. The van der Waals surface area contributed by atoms with Gasteiger partial charge >= 0.3 is 0 Å². The first kappa shape index (κ1) is 14.6. The van der Waals surface area contributed by atoms with Crippen LogP contribution in [0.4, 0.5) is 5.82 Å². The van der Waals surface area contributed by atoms with Crippen molar-refractivity contribution in [1.29, 1.82) is 5.26 Å². The second-order valence-electron chi connectivity index (χ2n) is 5.19. The molecule has 0 bridgehead atoms. The average molecular weight is 297 g/mol. The fourth-order valence-corrected chi connectivity index (χ4v) is 2.71. The second kappa shape index (κ2) is 6.63. The third kappa shape index (κ3) is 2.97. The maximum atomic E-state index is 9.11. The van der Waals surface area contributed by atoms with Crippen LogP contribution in [0.3, 0.4) is 0 Å². The summed E-state index contributed by atoms with van der Waals surface area (Å²) in [6, 6.07) is 10.2. The molecule has 1 aromatic carbocycles. The van der Waals surface area contributed by atoms with E-state index in [0.717, 1.165) is 41.1 Å². The smallest absolute Gasteiger partial charge is 0.133 e. The number of hydrogen-bond donors (Lipinski definition) is 0. The Kier molecular flexibility index (Phi) is 4.40. The SMILES string of the molecule is CCOc1ccc2nc(N3CCOCC3)c(CC#N)cc2c1. The van der Waals surface area contributed by atoms with E-state index < -0.39 is 0 Å². The van der Waals surface area contributed by atoms with Crippen molar-refractivity contribution in [1.82, 2.24) is 4.98 Å². The van der Waals surface area contributed by atoms with Crippen molar-refractivity contribution >= 4 is 16.7 Å². The summed E-state index contributed by atoms with van der Waals surface area (Å²) in [5, 5.41) is 10.1. The Morgan fingerprint density at radius 1 is 1.32 bits per heavy atom. The van der Waals surface area contributed by atoms with Crippen LogP contribution in [0.2, 0.25) is 0 Å². The van der Waals surface area contributed by atoms with Crippen LogP contribution in [-0.2, 0) is 11.2 Å². The third-order valence-corrected chi connectivity index (χ3v) is 3.73. The lowest BCUT2D eigenvalue weighted by Crippen LogP contribution is -2.37. The molecule has 2 heterocycles. The highest BCUT2D eigenvalue weighted by molar-refractivity contribution is 5.83. The average Bonchev–Trinajstić information content (AvgIpc) is 2.55. The van der Waals surface area contributed by atoms with Crippen LogP contribution in [0.1, 0.15) is 12.5 Å². The molecule has 2 aromatic rings. The van der Waals surface area contributed by atoms with Gasteiger partial charge in [0.1, 0.15) is 11.6 Å². The lowest BCUT2D eigenvalue weighted by atomic mass is 10.1. The maximum absolute atomic E-state index is 9.11. The second-order valence-corrected chi connectivity index (χ2v) is 5.19. The minimum atomic E-state index is 0.356. The van der Waals surface area contributed by atoms with Crippen LogP contribution in [0.25, 0.3) is 10.9 Å². The minimum Gasteiger partial charge on any atom is -0.494 e. The topological polar surface area (TPSA) is 58.4 Å². The molecule has 1 aliphatic heterocycles. The molecule has 1 aromatic heterocycles. The van der Waals surface area contributed by atoms with Crippen LogP contribution in [0.15, 0.2) is 24.3 Å². The fraction of sp³-hybridized carbons (Fsp3) is 0.412. The Bertz CT molecular complexity index is 703. The Morgan fingerprint density at radius 2 is 2.14 bits per heavy atom. The zero-order valence-corrected chi connectivity index (χ0v) is 12.7. The van der Waals surface area contributed by atoms with E-state index in [-0.39, 0.29) is 0 Å². The number of aromatic nitrogens is 1. The molecule has 5 nitrogen and oxygen atoms in total. The molecule has 0 spiro atoms. The molecule has 0 amide bonds. The number of pyridine rings is 1. The molecule has 0 aliphatic carbocycles. The largest absolute Gasteiger partial charge is 0.494 e. The summed E-state index contributed by atoms with van der Waals surface area (Å²) in [5.74, 6) is 1.74. The molecule has 0 radical (unpaired) electrons. The van der Waals surface area contributed by atoms with Crippen molar-refractivity contribution < 1.29 is 9.47 Å². The summed E-state index contributed by atoms with van der Waals surface area (Å²) in [5.41, 5.74) is 1.89. The molecule has 114 valence electrons. The van der Waals surface area contributed by atoms with Crippen LogP contribution in [0.5, 0.6) is 5.75 Å². The Balaban J connectivity index is 2.04. The Labute approximate surface area is 130 Å². The lowest BCUT2D eigenvalue weighted by Gasteiger charge is -2.29. The third-order valence-electron chi connectivity index (χ3n) is 3.73. The predicted molar refractivity (Wildman–Crippen MR) is 85.3 cm³/mol. The molecule has 1 fully saturated rings. The molecule has 22 heavy (non-hydrogen) atoms. The van der Waals surface area contributed by atoms with Gasteiger partial charge in [0.05, 0.1) is 37.8 Å². The number of nitrogens with zero attached hydrogens (tertiary/aromatic N) is 3. The molecule has 0 unspecified atom stereocenters. The Morgan fingerprint density at radius 3 is 2.86 bits per heavy atom. The molecular formula is C17H19N3O2. The van der Waals surface area contributed by atoms with E-state index in [1.54, 1.807) is 0 Å². The standard InChI is InChI=1S/C17H19N3O2/c1-2-22-15-3-4-16-14(12-15)11-13(5-6-18)17(19-16)20-7-9-21-10-8-20/h3-4,11-12H,2,5,7-10H2,1H3. The summed E-state index contributed by atoms with van der Waals surface area (Å²) in [4.78, 5) is 6.98. The van der Waals surface area contributed by atoms with E-state index in [4.69, 9.17) is 19.7 Å². The van der Waals surface area contributed by atoms with E-state index in [2.05, 4.69) is 17.0 Å². The number of ether oxygens (including phenoxy) is 2. The van der Waals surface area contributed by atoms with Gasteiger partial charge in [-0.1, -0.05) is 0 Å².